The molecule has 0 radical (unpaired) electrons. The molecule has 0 bridgehead atoms. The molecule has 0 aliphatic carbocycles. The Labute approximate surface area is 136 Å². The van der Waals surface area contributed by atoms with Crippen molar-refractivity contribution < 1.29 is 31.1 Å². The van der Waals surface area contributed by atoms with Crippen molar-refractivity contribution in [3.63, 3.8) is 0 Å². The summed E-state index contributed by atoms with van der Waals surface area (Å²) in [5.74, 6) is -0.529. The number of ether oxygens (including phenoxy) is 1. The molecular weight excluding hydrogens is 348 g/mol. The second-order valence-electron chi connectivity index (χ2n) is 5.37. The highest BCUT2D eigenvalue weighted by Gasteiger charge is 2.41. The zero-order valence-electron chi connectivity index (χ0n) is 12.7. The van der Waals surface area contributed by atoms with E-state index in [4.69, 9.17) is 10.5 Å². The van der Waals surface area contributed by atoms with E-state index in [0.29, 0.717) is 6.07 Å². The largest absolute Gasteiger partial charge is 0.496 e. The Morgan fingerprint density at radius 2 is 1.57 bits per heavy atom. The van der Waals surface area contributed by atoms with Gasteiger partial charge in [0.1, 0.15) is 5.75 Å². The zero-order chi connectivity index (χ0) is 17.3. The topological polar surface area (TPSA) is 35.2 Å². The van der Waals surface area contributed by atoms with Crippen molar-refractivity contribution in [1.29, 1.82) is 0 Å². The molecule has 1 aromatic carbocycles. The highest BCUT2D eigenvalue weighted by molar-refractivity contribution is 5.85. The van der Waals surface area contributed by atoms with Crippen molar-refractivity contribution in [1.82, 2.24) is 0 Å². The molecule has 0 spiro atoms. The first-order valence-corrected chi connectivity index (χ1v) is 6.49. The fraction of sp³-hybridized carbons (Fsp3) is 0.571. The van der Waals surface area contributed by atoms with Crippen molar-refractivity contribution in [2.24, 2.45) is 11.7 Å². The normalized spacial score (nSPS) is 13.7. The van der Waals surface area contributed by atoms with Crippen LogP contribution in [0, 0.1) is 5.92 Å². The summed E-state index contributed by atoms with van der Waals surface area (Å²) in [6, 6.07) is -0.447. The van der Waals surface area contributed by atoms with Gasteiger partial charge in [-0.15, -0.1) is 12.4 Å². The fourth-order valence-corrected chi connectivity index (χ4v) is 2.20. The average Bonchev–Trinajstić information content (AvgIpc) is 2.33. The monoisotopic (exact) mass is 365 g/mol. The Morgan fingerprint density at radius 1 is 1.04 bits per heavy atom. The van der Waals surface area contributed by atoms with E-state index in [1.807, 2.05) is 0 Å². The summed E-state index contributed by atoms with van der Waals surface area (Å²) >= 11 is 0. The predicted molar refractivity (Wildman–Crippen MR) is 76.6 cm³/mol. The van der Waals surface area contributed by atoms with Crippen molar-refractivity contribution in [2.45, 2.75) is 38.7 Å². The van der Waals surface area contributed by atoms with E-state index in [-0.39, 0.29) is 30.8 Å². The van der Waals surface area contributed by atoms with E-state index in [1.54, 1.807) is 13.8 Å². The van der Waals surface area contributed by atoms with Crippen molar-refractivity contribution in [2.75, 3.05) is 7.11 Å². The molecule has 0 amide bonds. The quantitative estimate of drug-likeness (QED) is 0.744. The minimum absolute atomic E-state index is 0. The van der Waals surface area contributed by atoms with Gasteiger partial charge in [-0.3, -0.25) is 0 Å². The van der Waals surface area contributed by atoms with Gasteiger partial charge in [0.25, 0.3) is 0 Å². The third-order valence-electron chi connectivity index (χ3n) is 3.09. The molecule has 0 aliphatic heterocycles. The highest BCUT2D eigenvalue weighted by atomic mass is 35.5. The van der Waals surface area contributed by atoms with Crippen LogP contribution in [0.15, 0.2) is 12.1 Å². The van der Waals surface area contributed by atoms with E-state index in [2.05, 4.69) is 0 Å². The van der Waals surface area contributed by atoms with Crippen LogP contribution in [0.25, 0.3) is 0 Å². The molecule has 1 rings (SSSR count). The fourth-order valence-electron chi connectivity index (χ4n) is 2.20. The van der Waals surface area contributed by atoms with Gasteiger partial charge in [0, 0.05) is 11.6 Å². The number of halogens is 7. The maximum absolute atomic E-state index is 13.2. The molecule has 0 unspecified atom stereocenters. The third-order valence-corrected chi connectivity index (χ3v) is 3.09. The molecule has 0 aromatic heterocycles. The first-order valence-electron chi connectivity index (χ1n) is 6.49. The van der Waals surface area contributed by atoms with Crippen molar-refractivity contribution >= 4 is 12.4 Å². The van der Waals surface area contributed by atoms with Crippen LogP contribution in [0.2, 0.25) is 0 Å². The van der Waals surface area contributed by atoms with Crippen LogP contribution < -0.4 is 10.5 Å². The first-order chi connectivity index (χ1) is 9.87. The number of alkyl halides is 6. The van der Waals surface area contributed by atoms with Gasteiger partial charge in [0.15, 0.2) is 0 Å². The van der Waals surface area contributed by atoms with Crippen molar-refractivity contribution in [3.05, 3.63) is 28.8 Å². The van der Waals surface area contributed by atoms with Gasteiger partial charge in [-0.25, -0.2) is 0 Å². The van der Waals surface area contributed by atoms with Gasteiger partial charge < -0.3 is 10.5 Å². The number of hydrogen-bond acceptors (Lipinski definition) is 2. The van der Waals surface area contributed by atoms with Gasteiger partial charge in [-0.1, -0.05) is 13.8 Å². The van der Waals surface area contributed by atoms with E-state index in [1.165, 1.54) is 0 Å². The minimum Gasteiger partial charge on any atom is -0.496 e. The first kappa shape index (κ1) is 21.9. The van der Waals surface area contributed by atoms with Crippen LogP contribution in [-0.4, -0.2) is 7.11 Å². The molecule has 0 saturated carbocycles. The summed E-state index contributed by atoms with van der Waals surface area (Å²) in [4.78, 5) is 0. The smallest absolute Gasteiger partial charge is 0.416 e. The van der Waals surface area contributed by atoms with Crippen LogP contribution >= 0.6 is 12.4 Å². The Kier molecular flexibility index (Phi) is 7.23. The molecule has 2 N–H and O–H groups in total. The van der Waals surface area contributed by atoms with Gasteiger partial charge in [-0.2, -0.15) is 26.3 Å². The summed E-state index contributed by atoms with van der Waals surface area (Å²) in [6.07, 6.45) is -9.68. The molecule has 2 nitrogen and oxygen atoms in total. The lowest BCUT2D eigenvalue weighted by Gasteiger charge is -2.24. The molecule has 0 saturated heterocycles. The van der Waals surface area contributed by atoms with E-state index in [9.17, 15) is 26.3 Å². The van der Waals surface area contributed by atoms with Crippen LogP contribution in [0.5, 0.6) is 5.75 Å². The third kappa shape index (κ3) is 5.46. The molecule has 1 atom stereocenters. The van der Waals surface area contributed by atoms with E-state index >= 15 is 0 Å². The number of methoxy groups -OCH3 is 1. The Morgan fingerprint density at radius 3 is 1.91 bits per heavy atom. The van der Waals surface area contributed by atoms with Gasteiger partial charge >= 0.3 is 12.4 Å². The van der Waals surface area contributed by atoms with Gasteiger partial charge in [0.2, 0.25) is 0 Å². The highest BCUT2D eigenvalue weighted by Crippen LogP contribution is 2.44. The van der Waals surface area contributed by atoms with E-state index in [0.717, 1.165) is 7.11 Å². The molecule has 0 aliphatic rings. The van der Waals surface area contributed by atoms with Crippen molar-refractivity contribution in [3.8, 4) is 5.75 Å². The van der Waals surface area contributed by atoms with E-state index < -0.39 is 40.8 Å². The number of rotatable bonds is 4. The average molecular weight is 366 g/mol. The lowest BCUT2D eigenvalue weighted by molar-refractivity contribution is -0.143. The second kappa shape index (κ2) is 7.61. The van der Waals surface area contributed by atoms with Crippen LogP contribution in [0.1, 0.15) is 43.0 Å². The summed E-state index contributed by atoms with van der Waals surface area (Å²) in [7, 11) is 1.02. The van der Waals surface area contributed by atoms with Crippen LogP contribution in [-0.2, 0) is 12.4 Å². The Balaban J connectivity index is 0.00000484. The predicted octanol–water partition coefficient (Wildman–Crippen LogP) is 5.20. The maximum Gasteiger partial charge on any atom is 0.416 e. The number of hydrogen-bond donors (Lipinski definition) is 1. The molecule has 0 heterocycles. The van der Waals surface area contributed by atoms with Crippen LogP contribution in [0.4, 0.5) is 26.3 Å². The molecule has 23 heavy (non-hydrogen) atoms. The molecule has 0 fully saturated rings. The molecule has 134 valence electrons. The molecular formula is C14H18ClF6NO. The SMILES string of the molecule is COc1cc(C(F)(F)F)cc(C(F)(F)F)c1[C@@H](N)CC(C)C.Cl. The standard InChI is InChI=1S/C14H17F6NO.ClH/c1-7(2)4-10(21)12-9(14(18,19)20)5-8(13(15,16)17)6-11(12)22-3;/h5-7,10H,4,21H2,1-3H3;1H/t10-;/m0./s1. The molecule has 1 aromatic rings. The molecule has 9 heteroatoms. The van der Waals surface area contributed by atoms with Gasteiger partial charge in [-0.05, 0) is 24.5 Å². The summed E-state index contributed by atoms with van der Waals surface area (Å²) in [6.45, 7) is 3.51. The lowest BCUT2D eigenvalue weighted by Crippen LogP contribution is -2.21. The zero-order valence-corrected chi connectivity index (χ0v) is 13.5. The summed E-state index contributed by atoms with van der Waals surface area (Å²) in [5.41, 5.74) is 2.49. The summed E-state index contributed by atoms with van der Waals surface area (Å²) in [5, 5.41) is 0. The van der Waals surface area contributed by atoms with Gasteiger partial charge in [0.05, 0.1) is 18.2 Å². The van der Waals surface area contributed by atoms with Crippen LogP contribution in [0.3, 0.4) is 0 Å². The minimum atomic E-state index is -4.96. The summed E-state index contributed by atoms with van der Waals surface area (Å²) < 4.78 is 82.5. The Bertz CT molecular complexity index is 527. The second-order valence-corrected chi connectivity index (χ2v) is 5.37. The maximum atomic E-state index is 13.2. The lowest BCUT2D eigenvalue weighted by atomic mass is 9.91. The number of benzene rings is 1. The Hall–Kier alpha value is -1.15. The number of nitrogens with two attached hydrogens (primary N) is 1.